The number of nitrogens with zero attached hydrogens (tertiary/aromatic N) is 3. The molecule has 2 saturated heterocycles. The summed E-state index contributed by atoms with van der Waals surface area (Å²) in [6.07, 6.45) is 1.16. The van der Waals surface area contributed by atoms with Crippen LogP contribution in [0.4, 0.5) is 4.39 Å². The lowest BCUT2D eigenvalue weighted by Crippen LogP contribution is -2.65. The Morgan fingerprint density at radius 1 is 0.976 bits per heavy atom. The molecule has 0 bridgehead atoms. The number of benzene rings is 3. The first-order chi connectivity index (χ1) is 20.0. The van der Waals surface area contributed by atoms with Crippen LogP contribution in [-0.4, -0.2) is 70.0 Å². The summed E-state index contributed by atoms with van der Waals surface area (Å²) in [4.78, 5) is 37.6. The lowest BCUT2D eigenvalue weighted by atomic mass is 9.85. The van der Waals surface area contributed by atoms with Gasteiger partial charge in [0.2, 0.25) is 18.6 Å². The first-order valence-electron chi connectivity index (χ1n) is 14.1. The molecule has 3 atom stereocenters. The molecular formula is C32H29FN4O4. The maximum atomic E-state index is 14.4. The van der Waals surface area contributed by atoms with Crippen LogP contribution in [0.15, 0.2) is 66.7 Å². The van der Waals surface area contributed by atoms with E-state index in [2.05, 4.69) is 22.0 Å². The molecule has 0 radical (unpaired) electrons. The molecule has 9 heteroatoms. The molecule has 208 valence electrons. The van der Waals surface area contributed by atoms with Gasteiger partial charge in [0.1, 0.15) is 18.4 Å². The fraction of sp³-hybridized carbons (Fsp3) is 0.312. The second-order valence-electron chi connectivity index (χ2n) is 11.4. The van der Waals surface area contributed by atoms with Crippen LogP contribution < -0.4 is 9.47 Å². The minimum Gasteiger partial charge on any atom is -0.454 e. The molecule has 5 heterocycles. The normalized spacial score (nSPS) is 23.8. The van der Waals surface area contributed by atoms with Gasteiger partial charge in [-0.1, -0.05) is 36.4 Å². The van der Waals surface area contributed by atoms with Crippen LogP contribution in [-0.2, 0) is 22.6 Å². The van der Waals surface area contributed by atoms with Crippen LogP contribution in [0, 0.1) is 5.82 Å². The highest BCUT2D eigenvalue weighted by Gasteiger charge is 2.50. The molecule has 1 N–H and O–H groups in total. The van der Waals surface area contributed by atoms with Crippen molar-refractivity contribution >= 4 is 22.7 Å². The van der Waals surface area contributed by atoms with Crippen molar-refractivity contribution in [3.8, 4) is 11.5 Å². The number of ether oxygens (including phenoxy) is 2. The summed E-state index contributed by atoms with van der Waals surface area (Å²) in [7, 11) is 0. The number of likely N-dealkylation sites (tertiary alicyclic amines) is 1. The van der Waals surface area contributed by atoms with E-state index in [1.54, 1.807) is 15.9 Å². The van der Waals surface area contributed by atoms with Gasteiger partial charge in [-0.05, 0) is 53.4 Å². The van der Waals surface area contributed by atoms with Gasteiger partial charge in [0, 0.05) is 48.7 Å². The molecule has 3 aromatic carbocycles. The number of carbonyl (C=O) groups is 2. The van der Waals surface area contributed by atoms with Crippen LogP contribution >= 0.6 is 0 Å². The Labute approximate surface area is 236 Å². The number of amides is 2. The largest absolute Gasteiger partial charge is 0.454 e. The number of piperazine rings is 1. The second-order valence-corrected chi connectivity index (χ2v) is 11.4. The summed E-state index contributed by atoms with van der Waals surface area (Å²) >= 11 is 0. The van der Waals surface area contributed by atoms with Crippen molar-refractivity contribution in [1.29, 1.82) is 0 Å². The Morgan fingerprint density at radius 3 is 2.71 bits per heavy atom. The van der Waals surface area contributed by atoms with Crippen molar-refractivity contribution in [3.63, 3.8) is 0 Å². The summed E-state index contributed by atoms with van der Waals surface area (Å²) in [5, 5.41) is 0.748. The van der Waals surface area contributed by atoms with Gasteiger partial charge >= 0.3 is 0 Å². The number of hydrogen-bond donors (Lipinski definition) is 1. The predicted molar refractivity (Wildman–Crippen MR) is 149 cm³/mol. The summed E-state index contributed by atoms with van der Waals surface area (Å²) in [6.45, 7) is 2.61. The third kappa shape index (κ3) is 3.98. The number of nitrogens with one attached hydrogen (secondary N) is 1. The highest BCUT2D eigenvalue weighted by atomic mass is 19.1. The van der Waals surface area contributed by atoms with Gasteiger partial charge in [-0.25, -0.2) is 4.39 Å². The highest BCUT2D eigenvalue weighted by molar-refractivity contribution is 5.98. The first kappa shape index (κ1) is 24.4. The number of hydrogen-bond acceptors (Lipinski definition) is 5. The lowest BCUT2D eigenvalue weighted by molar-refractivity contribution is -0.160. The summed E-state index contributed by atoms with van der Waals surface area (Å²) < 4.78 is 25.6. The Balaban J connectivity index is 1.15. The molecule has 4 aliphatic heterocycles. The number of halogens is 1. The van der Waals surface area contributed by atoms with E-state index in [0.717, 1.165) is 53.8 Å². The van der Waals surface area contributed by atoms with Gasteiger partial charge in [-0.3, -0.25) is 14.5 Å². The zero-order chi connectivity index (χ0) is 27.7. The van der Waals surface area contributed by atoms with Crippen LogP contribution in [0.25, 0.3) is 10.9 Å². The van der Waals surface area contributed by atoms with Crippen molar-refractivity contribution in [3.05, 3.63) is 94.9 Å². The molecule has 4 aromatic rings. The highest BCUT2D eigenvalue weighted by Crippen LogP contribution is 2.45. The molecule has 41 heavy (non-hydrogen) atoms. The number of aromatic amines is 1. The van der Waals surface area contributed by atoms with E-state index in [4.69, 9.17) is 9.47 Å². The van der Waals surface area contributed by atoms with E-state index in [9.17, 15) is 14.0 Å². The van der Waals surface area contributed by atoms with Crippen LogP contribution in [0.1, 0.15) is 34.8 Å². The lowest BCUT2D eigenvalue weighted by Gasteiger charge is -2.48. The summed E-state index contributed by atoms with van der Waals surface area (Å²) in [5.41, 5.74) is 4.52. The standard InChI is InChI=1S/C32H29FN4O4/c33-21-7-8-25-23(13-21)24-14-26-32(39)36(22-10-11-35(16-22)15-19-4-2-1-3-5-19)17-29(38)37(26)31(30(24)34-25)20-6-9-27-28(12-20)41-18-40-27/h1-9,12-13,22,26,31,34H,10-11,14-18H2/t22-,26?,31?/m1/s1. The maximum absolute atomic E-state index is 14.4. The van der Waals surface area contributed by atoms with E-state index >= 15 is 0 Å². The topological polar surface area (TPSA) is 78.1 Å². The van der Waals surface area contributed by atoms with Gasteiger partial charge in [0.25, 0.3) is 0 Å². The molecule has 2 unspecified atom stereocenters. The van der Waals surface area contributed by atoms with Crippen molar-refractivity contribution in [1.82, 2.24) is 19.7 Å². The fourth-order valence-corrected chi connectivity index (χ4v) is 7.10. The Kier molecular flexibility index (Phi) is 5.57. The van der Waals surface area contributed by atoms with Crippen LogP contribution in [0.2, 0.25) is 0 Å². The zero-order valence-corrected chi connectivity index (χ0v) is 22.4. The first-order valence-corrected chi connectivity index (χ1v) is 14.1. The molecule has 8 rings (SSSR count). The monoisotopic (exact) mass is 552 g/mol. The predicted octanol–water partition coefficient (Wildman–Crippen LogP) is 4.00. The quantitative estimate of drug-likeness (QED) is 0.414. The van der Waals surface area contributed by atoms with E-state index < -0.39 is 12.1 Å². The number of H-pyrrole nitrogens is 1. The average molecular weight is 553 g/mol. The smallest absolute Gasteiger partial charge is 0.246 e. The van der Waals surface area contributed by atoms with Gasteiger partial charge in [0.15, 0.2) is 11.5 Å². The Hall–Kier alpha value is -4.37. The van der Waals surface area contributed by atoms with E-state index in [1.807, 2.05) is 36.4 Å². The molecule has 0 saturated carbocycles. The van der Waals surface area contributed by atoms with Gasteiger partial charge in [-0.2, -0.15) is 0 Å². The minimum atomic E-state index is -0.676. The molecule has 0 aliphatic carbocycles. The van der Waals surface area contributed by atoms with E-state index in [-0.39, 0.29) is 37.0 Å². The Bertz CT molecular complexity index is 1690. The van der Waals surface area contributed by atoms with E-state index in [0.29, 0.717) is 17.9 Å². The second kappa shape index (κ2) is 9.34. The van der Waals surface area contributed by atoms with Crippen molar-refractivity contribution in [2.24, 2.45) is 0 Å². The van der Waals surface area contributed by atoms with Crippen molar-refractivity contribution < 1.29 is 23.5 Å². The van der Waals surface area contributed by atoms with Crippen LogP contribution in [0.5, 0.6) is 11.5 Å². The maximum Gasteiger partial charge on any atom is 0.246 e. The van der Waals surface area contributed by atoms with Crippen molar-refractivity contribution in [2.45, 2.75) is 37.5 Å². The number of fused-ring (bicyclic) bond motifs is 5. The fourth-order valence-electron chi connectivity index (χ4n) is 7.10. The molecule has 2 amide bonds. The van der Waals surface area contributed by atoms with Gasteiger partial charge < -0.3 is 24.3 Å². The van der Waals surface area contributed by atoms with Crippen molar-refractivity contribution in [2.75, 3.05) is 26.4 Å². The number of carbonyl (C=O) groups excluding carboxylic acids is 2. The van der Waals surface area contributed by atoms with Gasteiger partial charge in [-0.15, -0.1) is 0 Å². The number of rotatable bonds is 4. The molecule has 0 spiro atoms. The molecule has 8 nitrogen and oxygen atoms in total. The van der Waals surface area contributed by atoms with Gasteiger partial charge in [0.05, 0.1) is 6.04 Å². The molecule has 4 aliphatic rings. The summed E-state index contributed by atoms with van der Waals surface area (Å²) in [6, 6.07) is 19.4. The third-order valence-electron chi connectivity index (χ3n) is 9.00. The minimum absolute atomic E-state index is 0.0249. The summed E-state index contributed by atoms with van der Waals surface area (Å²) in [5.74, 6) is 0.787. The molecule has 1 aromatic heterocycles. The molecular weight excluding hydrogens is 523 g/mol. The number of aromatic nitrogens is 1. The Morgan fingerprint density at radius 2 is 1.83 bits per heavy atom. The zero-order valence-electron chi connectivity index (χ0n) is 22.4. The molecule has 2 fully saturated rings. The van der Waals surface area contributed by atoms with E-state index in [1.165, 1.54) is 17.7 Å². The third-order valence-corrected chi connectivity index (χ3v) is 9.00. The average Bonchev–Trinajstić information content (AvgIpc) is 3.73. The van der Waals surface area contributed by atoms with Crippen LogP contribution in [0.3, 0.4) is 0 Å². The SMILES string of the molecule is O=C1CN([C@@H]2CCN(Cc3ccccc3)C2)C(=O)C2Cc3c([nH]c4ccc(F)cc34)C(c3ccc4c(c3)OCO4)N12.